The molecule has 1 aliphatic carbocycles. The smallest absolute Gasteiger partial charge is 0.186 e. The average Bonchev–Trinajstić information content (AvgIpc) is 2.85. The lowest BCUT2D eigenvalue weighted by Crippen LogP contribution is -2.14. The average molecular weight is 475 g/mol. The number of nitrogens with zero attached hydrogens (tertiary/aromatic N) is 3. The van der Waals surface area contributed by atoms with Crippen molar-refractivity contribution >= 4 is 45.2 Å². The van der Waals surface area contributed by atoms with Gasteiger partial charge in [0.25, 0.3) is 0 Å². The molecule has 2 aromatic carbocycles. The van der Waals surface area contributed by atoms with Crippen molar-refractivity contribution in [1.29, 1.82) is 0 Å². The van der Waals surface area contributed by atoms with Crippen molar-refractivity contribution in [2.75, 3.05) is 51.7 Å². The second-order valence-corrected chi connectivity index (χ2v) is 7.99. The van der Waals surface area contributed by atoms with Gasteiger partial charge in [0, 0.05) is 55.2 Å². The van der Waals surface area contributed by atoms with E-state index in [0.717, 1.165) is 11.1 Å². The second-order valence-electron chi connectivity index (χ2n) is 7.99. The van der Waals surface area contributed by atoms with Crippen LogP contribution in [0.15, 0.2) is 54.9 Å². The lowest BCUT2D eigenvalue weighted by atomic mass is 9.94. The Labute approximate surface area is 203 Å². The first kappa shape index (κ1) is 23.9. The minimum atomic E-state index is -0.222. The lowest BCUT2D eigenvalue weighted by Gasteiger charge is -2.21. The molecule has 1 heterocycles. The van der Waals surface area contributed by atoms with E-state index < -0.39 is 0 Å². The zero-order chi connectivity index (χ0) is 24.9. The number of aromatic nitrogens is 2. The van der Waals surface area contributed by atoms with E-state index >= 15 is 0 Å². The molecular weight excluding hydrogens is 448 g/mol. The van der Waals surface area contributed by atoms with Crippen LogP contribution < -0.4 is 19.7 Å². The van der Waals surface area contributed by atoms with Crippen LogP contribution in [0.3, 0.4) is 0 Å². The Kier molecular flexibility index (Phi) is 7.07. The zero-order valence-corrected chi connectivity index (χ0v) is 20.0. The highest BCUT2D eigenvalue weighted by Gasteiger charge is 2.20. The third-order valence-corrected chi connectivity index (χ3v) is 5.45. The molecular formula is C26H26N4O5. The van der Waals surface area contributed by atoms with E-state index in [1.165, 1.54) is 24.6 Å². The number of ketones is 2. The Morgan fingerprint density at radius 3 is 2.54 bits per heavy atom. The number of methoxy groups -OCH3 is 2. The third-order valence-electron chi connectivity index (χ3n) is 5.45. The Bertz CT molecular complexity index is 1350. The van der Waals surface area contributed by atoms with Gasteiger partial charge < -0.3 is 24.4 Å². The molecule has 0 spiro atoms. The number of benzene rings is 2. The van der Waals surface area contributed by atoms with Crippen LogP contribution in [-0.4, -0.2) is 63.1 Å². The summed E-state index contributed by atoms with van der Waals surface area (Å²) in [6, 6.07) is 9.21. The van der Waals surface area contributed by atoms with Crippen LogP contribution in [0.25, 0.3) is 16.5 Å². The molecule has 1 N–H and O–H groups in total. The summed E-state index contributed by atoms with van der Waals surface area (Å²) < 4.78 is 16.3. The van der Waals surface area contributed by atoms with E-state index in [1.54, 1.807) is 20.3 Å². The number of carbonyl (C=O) groups is 2. The van der Waals surface area contributed by atoms with Crippen molar-refractivity contribution in [3.8, 4) is 11.5 Å². The minimum Gasteiger partial charge on any atom is -0.493 e. The van der Waals surface area contributed by atoms with Gasteiger partial charge in [-0.2, -0.15) is 0 Å². The van der Waals surface area contributed by atoms with Gasteiger partial charge in [-0.05, 0) is 42.5 Å². The Morgan fingerprint density at radius 2 is 1.80 bits per heavy atom. The van der Waals surface area contributed by atoms with Crippen molar-refractivity contribution in [1.82, 2.24) is 9.97 Å². The van der Waals surface area contributed by atoms with Crippen LogP contribution in [-0.2, 0) is 14.3 Å². The third kappa shape index (κ3) is 5.15. The van der Waals surface area contributed by atoms with Crippen LogP contribution in [0, 0.1) is 0 Å². The number of hydrogen-bond acceptors (Lipinski definition) is 9. The highest BCUT2D eigenvalue weighted by molar-refractivity contribution is 6.34. The SMILES string of the molecule is COCCOc1cc2ncnc(Nc3ccc(N(C)C)c(C4=CC(=O)C=CC4=O)c3)c2cc1OC. The van der Waals surface area contributed by atoms with Crippen molar-refractivity contribution in [3.63, 3.8) is 0 Å². The lowest BCUT2D eigenvalue weighted by molar-refractivity contribution is -0.113. The molecule has 3 aromatic rings. The number of rotatable bonds is 9. The van der Waals surface area contributed by atoms with E-state index in [-0.39, 0.29) is 11.6 Å². The van der Waals surface area contributed by atoms with Gasteiger partial charge in [-0.3, -0.25) is 9.59 Å². The molecule has 0 saturated heterocycles. The number of ether oxygens (including phenoxy) is 3. The van der Waals surface area contributed by atoms with Crippen molar-refractivity contribution in [2.24, 2.45) is 0 Å². The van der Waals surface area contributed by atoms with E-state index in [4.69, 9.17) is 14.2 Å². The maximum Gasteiger partial charge on any atom is 0.186 e. The Morgan fingerprint density at radius 1 is 0.971 bits per heavy atom. The molecule has 0 bridgehead atoms. The van der Waals surface area contributed by atoms with Gasteiger partial charge in [0.1, 0.15) is 18.8 Å². The normalized spacial score (nSPS) is 13.1. The summed E-state index contributed by atoms with van der Waals surface area (Å²) in [7, 11) is 6.94. The summed E-state index contributed by atoms with van der Waals surface area (Å²) in [5.74, 6) is 1.21. The number of carbonyl (C=O) groups excluding carboxylic acids is 2. The molecule has 0 radical (unpaired) electrons. The standard InChI is InChI=1S/C26H26N4O5/c1-30(2)22-7-5-16(11-18(22)19-12-17(31)6-8-23(19)32)29-26-20-13-24(34-4)25(35-10-9-33-3)14-21(20)27-15-28-26/h5-8,11-15H,9-10H2,1-4H3,(H,27,28,29). The number of fused-ring (bicyclic) bond motifs is 1. The first-order valence-corrected chi connectivity index (χ1v) is 10.9. The molecule has 0 fully saturated rings. The molecule has 1 aliphatic rings. The molecule has 0 aliphatic heterocycles. The van der Waals surface area contributed by atoms with Gasteiger partial charge in [0.2, 0.25) is 0 Å². The second kappa shape index (κ2) is 10.4. The van der Waals surface area contributed by atoms with E-state index in [0.29, 0.717) is 52.9 Å². The monoisotopic (exact) mass is 474 g/mol. The molecule has 0 unspecified atom stereocenters. The summed E-state index contributed by atoms with van der Waals surface area (Å²) >= 11 is 0. The van der Waals surface area contributed by atoms with Gasteiger partial charge in [0.05, 0.1) is 19.2 Å². The van der Waals surface area contributed by atoms with Crippen LogP contribution in [0.4, 0.5) is 17.2 Å². The summed E-state index contributed by atoms with van der Waals surface area (Å²) in [4.78, 5) is 35.2. The Balaban J connectivity index is 1.73. The van der Waals surface area contributed by atoms with Crippen molar-refractivity contribution in [3.05, 3.63) is 60.5 Å². The van der Waals surface area contributed by atoms with Gasteiger partial charge in [-0.15, -0.1) is 0 Å². The summed E-state index contributed by atoms with van der Waals surface area (Å²) in [6.07, 6.45) is 5.40. The molecule has 0 amide bonds. The molecule has 9 nitrogen and oxygen atoms in total. The van der Waals surface area contributed by atoms with Crippen molar-refractivity contribution < 1.29 is 23.8 Å². The van der Waals surface area contributed by atoms with Crippen LogP contribution in [0.1, 0.15) is 5.56 Å². The number of hydrogen-bond donors (Lipinski definition) is 1. The van der Waals surface area contributed by atoms with Crippen LogP contribution in [0.5, 0.6) is 11.5 Å². The van der Waals surface area contributed by atoms with Crippen LogP contribution in [0.2, 0.25) is 0 Å². The fourth-order valence-corrected chi connectivity index (χ4v) is 3.75. The number of allylic oxidation sites excluding steroid dienone is 4. The zero-order valence-electron chi connectivity index (χ0n) is 20.0. The predicted octanol–water partition coefficient (Wildman–Crippen LogP) is 3.56. The maximum absolute atomic E-state index is 12.6. The van der Waals surface area contributed by atoms with Crippen molar-refractivity contribution in [2.45, 2.75) is 0 Å². The van der Waals surface area contributed by atoms with Gasteiger partial charge in [-0.25, -0.2) is 9.97 Å². The molecule has 1 aromatic heterocycles. The van der Waals surface area contributed by atoms with E-state index in [9.17, 15) is 9.59 Å². The largest absolute Gasteiger partial charge is 0.493 e. The number of nitrogens with one attached hydrogen (secondary N) is 1. The predicted molar refractivity (Wildman–Crippen MR) is 135 cm³/mol. The fraction of sp³-hybridized carbons (Fsp3) is 0.231. The summed E-state index contributed by atoms with van der Waals surface area (Å²) in [6.45, 7) is 0.825. The van der Waals surface area contributed by atoms with Gasteiger partial charge in [0.15, 0.2) is 23.1 Å². The molecule has 9 heteroatoms. The van der Waals surface area contributed by atoms with E-state index in [2.05, 4.69) is 15.3 Å². The van der Waals surface area contributed by atoms with Gasteiger partial charge >= 0.3 is 0 Å². The highest BCUT2D eigenvalue weighted by atomic mass is 16.5. The summed E-state index contributed by atoms with van der Waals surface area (Å²) in [5, 5.41) is 4.04. The number of anilines is 3. The molecule has 0 saturated carbocycles. The summed E-state index contributed by atoms with van der Waals surface area (Å²) in [5.41, 5.74) is 3.16. The van der Waals surface area contributed by atoms with Crippen LogP contribution >= 0.6 is 0 Å². The molecule has 0 atom stereocenters. The molecule has 4 rings (SSSR count). The molecule has 180 valence electrons. The minimum absolute atomic E-state index is 0.219. The Hall–Kier alpha value is -4.24. The maximum atomic E-state index is 12.6. The van der Waals surface area contributed by atoms with E-state index in [1.807, 2.05) is 43.3 Å². The molecule has 35 heavy (non-hydrogen) atoms. The van der Waals surface area contributed by atoms with Gasteiger partial charge in [-0.1, -0.05) is 0 Å². The quantitative estimate of drug-likeness (QED) is 0.368. The fourth-order valence-electron chi connectivity index (χ4n) is 3.75. The first-order chi connectivity index (χ1) is 16.9. The first-order valence-electron chi connectivity index (χ1n) is 10.9. The highest BCUT2D eigenvalue weighted by Crippen LogP contribution is 2.36. The topological polar surface area (TPSA) is 103 Å².